The molecule has 0 fully saturated rings. The van der Waals surface area contributed by atoms with Crippen LogP contribution in [-0.2, 0) is 0 Å². The van der Waals surface area contributed by atoms with Gasteiger partial charge in [0.15, 0.2) is 0 Å². The average Bonchev–Trinajstić information content (AvgIpc) is 2.53. The Kier molecular flexibility index (Phi) is 4.95. The van der Waals surface area contributed by atoms with Gasteiger partial charge in [-0.2, -0.15) is 0 Å². The monoisotopic (exact) mass is 283 g/mol. The quantitative estimate of drug-likeness (QED) is 0.829. The smallest absolute Gasteiger partial charge is 0.265 e. The van der Waals surface area contributed by atoms with Gasteiger partial charge in [0.2, 0.25) is 0 Å². The summed E-state index contributed by atoms with van der Waals surface area (Å²) in [6.45, 7) is 2.00. The minimum Gasteiger partial charge on any atom is -0.378 e. The van der Waals surface area contributed by atoms with Gasteiger partial charge >= 0.3 is 0 Å². The number of carbonyl (C=O) groups is 1. The number of anilines is 1. The Labute approximate surface area is 125 Å². The summed E-state index contributed by atoms with van der Waals surface area (Å²) < 4.78 is 0. The molecular formula is C17H21N3O. The summed E-state index contributed by atoms with van der Waals surface area (Å²) in [4.78, 5) is 14.1. The van der Waals surface area contributed by atoms with E-state index in [1.54, 1.807) is 0 Å². The number of carbonyl (C=O) groups excluding carboxylic acids is 1. The van der Waals surface area contributed by atoms with Crippen molar-refractivity contribution in [3.63, 3.8) is 0 Å². The van der Waals surface area contributed by atoms with Crippen LogP contribution in [0.4, 0.5) is 5.69 Å². The topological polar surface area (TPSA) is 44.4 Å². The molecule has 0 aliphatic heterocycles. The first kappa shape index (κ1) is 15.1. The van der Waals surface area contributed by atoms with Crippen LogP contribution >= 0.6 is 0 Å². The maximum absolute atomic E-state index is 12.1. The zero-order valence-corrected chi connectivity index (χ0v) is 12.6. The predicted octanol–water partition coefficient (Wildman–Crippen LogP) is 2.75. The van der Waals surface area contributed by atoms with Crippen LogP contribution in [0.15, 0.2) is 54.6 Å². The SMILES string of the molecule is CC(NNC(=O)c1ccc(N(C)C)cc1)c1ccccc1. The van der Waals surface area contributed by atoms with E-state index < -0.39 is 0 Å². The molecule has 0 aliphatic carbocycles. The molecule has 1 atom stereocenters. The zero-order valence-electron chi connectivity index (χ0n) is 12.6. The Balaban J connectivity index is 1.92. The molecule has 0 saturated heterocycles. The van der Waals surface area contributed by atoms with E-state index in [9.17, 15) is 4.79 Å². The van der Waals surface area contributed by atoms with Gasteiger partial charge in [0, 0.05) is 31.4 Å². The van der Waals surface area contributed by atoms with E-state index in [2.05, 4.69) is 10.9 Å². The molecule has 4 heteroatoms. The van der Waals surface area contributed by atoms with E-state index in [1.165, 1.54) is 0 Å². The molecular weight excluding hydrogens is 262 g/mol. The highest BCUT2D eigenvalue weighted by Crippen LogP contribution is 2.13. The summed E-state index contributed by atoms with van der Waals surface area (Å²) in [5.74, 6) is -0.136. The van der Waals surface area contributed by atoms with Crippen molar-refractivity contribution in [2.45, 2.75) is 13.0 Å². The van der Waals surface area contributed by atoms with Crippen LogP contribution in [-0.4, -0.2) is 20.0 Å². The van der Waals surface area contributed by atoms with Crippen LogP contribution in [0.2, 0.25) is 0 Å². The fourth-order valence-electron chi connectivity index (χ4n) is 1.98. The van der Waals surface area contributed by atoms with Gasteiger partial charge < -0.3 is 4.90 Å². The third-order valence-corrected chi connectivity index (χ3v) is 3.35. The summed E-state index contributed by atoms with van der Waals surface area (Å²) in [6.07, 6.45) is 0. The van der Waals surface area contributed by atoms with E-state index in [0.717, 1.165) is 11.3 Å². The molecule has 110 valence electrons. The number of benzene rings is 2. The molecule has 2 aromatic rings. The van der Waals surface area contributed by atoms with Crippen molar-refractivity contribution in [3.05, 3.63) is 65.7 Å². The Morgan fingerprint density at radius 1 is 1.00 bits per heavy atom. The summed E-state index contributed by atoms with van der Waals surface area (Å²) in [7, 11) is 3.94. The lowest BCUT2D eigenvalue weighted by atomic mass is 10.1. The van der Waals surface area contributed by atoms with Gasteiger partial charge in [-0.05, 0) is 36.8 Å². The second-order valence-electron chi connectivity index (χ2n) is 5.17. The molecule has 0 radical (unpaired) electrons. The number of amides is 1. The van der Waals surface area contributed by atoms with Crippen LogP contribution < -0.4 is 15.8 Å². The minimum atomic E-state index is -0.136. The largest absolute Gasteiger partial charge is 0.378 e. The lowest BCUT2D eigenvalue weighted by molar-refractivity contribution is 0.0926. The van der Waals surface area contributed by atoms with E-state index in [1.807, 2.05) is 80.5 Å². The van der Waals surface area contributed by atoms with Crippen LogP contribution in [0.25, 0.3) is 0 Å². The third kappa shape index (κ3) is 4.07. The highest BCUT2D eigenvalue weighted by atomic mass is 16.2. The molecule has 4 nitrogen and oxygen atoms in total. The van der Waals surface area contributed by atoms with Crippen LogP contribution in [0.1, 0.15) is 28.9 Å². The lowest BCUT2D eigenvalue weighted by Crippen LogP contribution is -2.39. The number of hydrogen-bond donors (Lipinski definition) is 2. The number of hydrazine groups is 1. The fraction of sp³-hybridized carbons (Fsp3) is 0.235. The number of nitrogens with one attached hydrogen (secondary N) is 2. The first-order valence-electron chi connectivity index (χ1n) is 6.96. The summed E-state index contributed by atoms with van der Waals surface area (Å²) >= 11 is 0. The molecule has 2 rings (SSSR count). The molecule has 0 aromatic heterocycles. The molecule has 21 heavy (non-hydrogen) atoms. The summed E-state index contributed by atoms with van der Waals surface area (Å²) in [5.41, 5.74) is 8.59. The van der Waals surface area contributed by atoms with E-state index >= 15 is 0 Å². The lowest BCUT2D eigenvalue weighted by Gasteiger charge is -2.16. The molecule has 1 amide bonds. The van der Waals surface area contributed by atoms with Crippen molar-refractivity contribution in [3.8, 4) is 0 Å². The van der Waals surface area contributed by atoms with Gasteiger partial charge in [-0.1, -0.05) is 30.3 Å². The van der Waals surface area contributed by atoms with Crippen molar-refractivity contribution in [2.24, 2.45) is 0 Å². The van der Waals surface area contributed by atoms with Crippen LogP contribution in [0.3, 0.4) is 0 Å². The Morgan fingerprint density at radius 3 is 2.19 bits per heavy atom. The van der Waals surface area contributed by atoms with Gasteiger partial charge in [0.25, 0.3) is 5.91 Å². The molecule has 0 spiro atoms. The molecule has 2 N–H and O–H groups in total. The van der Waals surface area contributed by atoms with Crippen LogP contribution in [0, 0.1) is 0 Å². The maximum Gasteiger partial charge on any atom is 0.265 e. The van der Waals surface area contributed by atoms with Gasteiger partial charge in [0.1, 0.15) is 0 Å². The standard InChI is InChI=1S/C17H21N3O/c1-13(14-7-5-4-6-8-14)18-19-17(21)15-9-11-16(12-10-15)20(2)3/h4-13,18H,1-3H3,(H,19,21). The first-order chi connectivity index (χ1) is 10.1. The van der Waals surface area contributed by atoms with Crippen molar-refractivity contribution in [1.29, 1.82) is 0 Å². The fourth-order valence-corrected chi connectivity index (χ4v) is 1.98. The number of rotatable bonds is 5. The molecule has 0 heterocycles. The van der Waals surface area contributed by atoms with Gasteiger partial charge in [-0.3, -0.25) is 10.2 Å². The van der Waals surface area contributed by atoms with Crippen molar-refractivity contribution in [2.75, 3.05) is 19.0 Å². The van der Waals surface area contributed by atoms with Crippen molar-refractivity contribution >= 4 is 11.6 Å². The van der Waals surface area contributed by atoms with E-state index in [4.69, 9.17) is 0 Å². The Bertz CT molecular complexity index is 579. The molecule has 0 saturated carbocycles. The molecule has 2 aromatic carbocycles. The number of hydrogen-bond acceptors (Lipinski definition) is 3. The highest BCUT2D eigenvalue weighted by Gasteiger charge is 2.08. The van der Waals surface area contributed by atoms with E-state index in [0.29, 0.717) is 5.56 Å². The van der Waals surface area contributed by atoms with Gasteiger partial charge in [-0.15, -0.1) is 0 Å². The third-order valence-electron chi connectivity index (χ3n) is 3.35. The predicted molar refractivity (Wildman–Crippen MR) is 86.2 cm³/mol. The van der Waals surface area contributed by atoms with Crippen molar-refractivity contribution < 1.29 is 4.79 Å². The first-order valence-corrected chi connectivity index (χ1v) is 6.96. The molecule has 0 aliphatic rings. The maximum atomic E-state index is 12.1. The van der Waals surface area contributed by atoms with Gasteiger partial charge in [-0.25, -0.2) is 5.43 Å². The molecule has 1 unspecified atom stereocenters. The van der Waals surface area contributed by atoms with Crippen molar-refractivity contribution in [1.82, 2.24) is 10.9 Å². The Morgan fingerprint density at radius 2 is 1.62 bits per heavy atom. The zero-order chi connectivity index (χ0) is 15.2. The number of nitrogens with zero attached hydrogens (tertiary/aromatic N) is 1. The average molecular weight is 283 g/mol. The van der Waals surface area contributed by atoms with Crippen LogP contribution in [0.5, 0.6) is 0 Å². The highest BCUT2D eigenvalue weighted by molar-refractivity contribution is 5.94. The Hall–Kier alpha value is -2.33. The second-order valence-corrected chi connectivity index (χ2v) is 5.17. The van der Waals surface area contributed by atoms with E-state index in [-0.39, 0.29) is 11.9 Å². The summed E-state index contributed by atoms with van der Waals surface area (Å²) in [5, 5.41) is 0. The minimum absolute atomic E-state index is 0.0520. The normalized spacial score (nSPS) is 11.8. The summed E-state index contributed by atoms with van der Waals surface area (Å²) in [6, 6.07) is 17.5. The van der Waals surface area contributed by atoms with Gasteiger partial charge in [0.05, 0.1) is 0 Å². The molecule has 0 bridgehead atoms. The second kappa shape index (κ2) is 6.90.